The molecule has 0 amide bonds. The van der Waals surface area contributed by atoms with Gasteiger partial charge in [-0.3, -0.25) is 14.4 Å². The molecule has 0 fully saturated rings. The second kappa shape index (κ2) is 10.8. The molecule has 0 aromatic heterocycles. The number of nitrogens with zero attached hydrogens (tertiary/aromatic N) is 1. The molecule has 4 aliphatic rings. The number of phenolic OH excluding ortho intramolecular Hbond substituents is 1. The number of carbonyl (C=O) groups is 3. The molecule has 0 spiro atoms. The van der Waals surface area contributed by atoms with Gasteiger partial charge in [-0.05, 0) is 86.1 Å². The topological polar surface area (TPSA) is 124 Å². The SMILES string of the molecule is COC1=CCC(CC(=O)Cc2cc(N(C)C)c3c(c2O)C(O)C2=C(C)[C@]4(C)C(O)=C(C(C)=O)C(=O)C[C@]4(C)C[C@]2(C)C3)C=C1. The van der Waals surface area contributed by atoms with Crippen LogP contribution in [0.5, 0.6) is 5.75 Å². The second-order valence-corrected chi connectivity index (χ2v) is 14.2. The lowest BCUT2D eigenvalue weighted by Gasteiger charge is -2.60. The molecular weight excluding hydrogens is 558 g/mol. The molecule has 0 radical (unpaired) electrons. The molecule has 2 unspecified atom stereocenters. The zero-order valence-corrected chi connectivity index (χ0v) is 27.1. The summed E-state index contributed by atoms with van der Waals surface area (Å²) in [6, 6.07) is 1.86. The van der Waals surface area contributed by atoms with Gasteiger partial charge in [-0.1, -0.05) is 25.5 Å². The van der Waals surface area contributed by atoms with Crippen molar-refractivity contribution in [3.8, 4) is 5.75 Å². The van der Waals surface area contributed by atoms with Gasteiger partial charge in [0.05, 0.1) is 18.1 Å². The number of ketones is 3. The van der Waals surface area contributed by atoms with E-state index in [2.05, 4.69) is 6.92 Å². The third-order valence-electron chi connectivity index (χ3n) is 11.1. The number of fused-ring (bicyclic) bond motifs is 3. The van der Waals surface area contributed by atoms with E-state index in [1.54, 1.807) is 7.11 Å². The molecular formula is C36H45NO7. The molecule has 4 aliphatic carbocycles. The summed E-state index contributed by atoms with van der Waals surface area (Å²) in [5.41, 5.74) is 1.34. The highest BCUT2D eigenvalue weighted by atomic mass is 16.5. The van der Waals surface area contributed by atoms with Gasteiger partial charge in [-0.25, -0.2) is 0 Å². The summed E-state index contributed by atoms with van der Waals surface area (Å²) >= 11 is 0. The maximum atomic E-state index is 13.3. The minimum absolute atomic E-state index is 0.0148. The predicted octanol–water partition coefficient (Wildman–Crippen LogP) is 5.77. The van der Waals surface area contributed by atoms with Crippen LogP contribution in [0.3, 0.4) is 0 Å². The van der Waals surface area contributed by atoms with Crippen LogP contribution in [0.2, 0.25) is 0 Å². The lowest BCUT2D eigenvalue weighted by atomic mass is 9.43. The number of aromatic hydroxyl groups is 1. The van der Waals surface area contributed by atoms with E-state index < -0.39 is 28.1 Å². The highest BCUT2D eigenvalue weighted by Gasteiger charge is 2.63. The molecule has 0 heterocycles. The van der Waals surface area contributed by atoms with E-state index in [9.17, 15) is 29.7 Å². The predicted molar refractivity (Wildman–Crippen MR) is 168 cm³/mol. The number of aliphatic hydroxyl groups excluding tert-OH is 2. The van der Waals surface area contributed by atoms with Crippen LogP contribution >= 0.6 is 0 Å². The lowest BCUT2D eigenvalue weighted by Crippen LogP contribution is -2.55. The largest absolute Gasteiger partial charge is 0.510 e. The molecule has 5 atom stereocenters. The number of carbonyl (C=O) groups excluding carboxylic acids is 3. The number of phenols is 1. The van der Waals surface area contributed by atoms with Crippen LogP contribution in [0.1, 0.15) is 83.1 Å². The first-order valence-electron chi connectivity index (χ1n) is 15.4. The summed E-state index contributed by atoms with van der Waals surface area (Å²) < 4.78 is 5.25. The maximum Gasteiger partial charge on any atom is 0.170 e. The molecule has 1 aromatic rings. The smallest absolute Gasteiger partial charge is 0.170 e. The Morgan fingerprint density at radius 2 is 1.82 bits per heavy atom. The van der Waals surface area contributed by atoms with Crippen LogP contribution in [0, 0.1) is 22.2 Å². The summed E-state index contributed by atoms with van der Waals surface area (Å²) in [6.45, 7) is 9.06. The van der Waals surface area contributed by atoms with Crippen molar-refractivity contribution in [1.82, 2.24) is 0 Å². The molecule has 236 valence electrons. The van der Waals surface area contributed by atoms with Crippen molar-refractivity contribution >= 4 is 23.0 Å². The molecule has 5 rings (SSSR count). The number of hydrogen-bond acceptors (Lipinski definition) is 8. The van der Waals surface area contributed by atoms with E-state index in [4.69, 9.17) is 4.74 Å². The standard InChI is InChI=1S/C36H45NO7/c1-19-30-32(42)29-25(16-34(30,3)18-35(4)17-27(40)28(20(2)38)33(43)36(19,35)5)26(37(6)7)15-22(31(29)41)14-23(39)13-21-9-11-24(44-8)12-10-21/h9,11-12,15,21,32,41-43H,10,13-14,16-18H2,1-8H3/t21?,32?,34-,35+,36+/m0/s1. The summed E-state index contributed by atoms with van der Waals surface area (Å²) in [5.74, 6) is -0.343. The van der Waals surface area contributed by atoms with Crippen molar-refractivity contribution in [1.29, 1.82) is 0 Å². The number of allylic oxidation sites excluding steroid dienone is 5. The molecule has 44 heavy (non-hydrogen) atoms. The van der Waals surface area contributed by atoms with Gasteiger partial charge in [0.25, 0.3) is 0 Å². The Morgan fingerprint density at radius 1 is 1.14 bits per heavy atom. The molecule has 3 N–H and O–H groups in total. The number of hydrogen-bond donors (Lipinski definition) is 3. The first-order valence-corrected chi connectivity index (χ1v) is 15.4. The summed E-state index contributed by atoms with van der Waals surface area (Å²) in [5, 5.41) is 35.4. The fraction of sp³-hybridized carbons (Fsp3) is 0.528. The van der Waals surface area contributed by atoms with E-state index >= 15 is 0 Å². The Bertz CT molecular complexity index is 1590. The fourth-order valence-corrected chi connectivity index (χ4v) is 8.74. The van der Waals surface area contributed by atoms with Gasteiger partial charge < -0.3 is 25.0 Å². The molecule has 0 bridgehead atoms. The minimum Gasteiger partial charge on any atom is -0.510 e. The molecule has 0 saturated carbocycles. The Hall–Kier alpha value is -3.65. The van der Waals surface area contributed by atoms with Gasteiger partial charge in [-0.2, -0.15) is 0 Å². The number of Topliss-reactive ketones (excluding diaryl/α,β-unsaturated/α-hetero) is 3. The third kappa shape index (κ3) is 4.64. The van der Waals surface area contributed by atoms with E-state index in [1.165, 1.54) is 6.92 Å². The number of ether oxygens (including phenoxy) is 1. The molecule has 1 aromatic carbocycles. The zero-order chi connectivity index (χ0) is 32.5. The van der Waals surface area contributed by atoms with E-state index in [1.807, 2.05) is 64.1 Å². The number of methoxy groups -OCH3 is 1. The highest BCUT2D eigenvalue weighted by molar-refractivity contribution is 6.20. The van der Waals surface area contributed by atoms with Crippen LogP contribution in [0.15, 0.2) is 52.5 Å². The van der Waals surface area contributed by atoms with Crippen molar-refractivity contribution < 1.29 is 34.4 Å². The third-order valence-corrected chi connectivity index (χ3v) is 11.1. The minimum atomic E-state index is -1.20. The van der Waals surface area contributed by atoms with Crippen molar-refractivity contribution in [2.45, 2.75) is 79.2 Å². The van der Waals surface area contributed by atoms with E-state index in [0.717, 1.165) is 17.0 Å². The molecule has 0 aliphatic heterocycles. The zero-order valence-electron chi connectivity index (χ0n) is 27.1. The van der Waals surface area contributed by atoms with Crippen molar-refractivity contribution in [3.05, 3.63) is 69.2 Å². The highest BCUT2D eigenvalue weighted by Crippen LogP contribution is 2.69. The van der Waals surface area contributed by atoms with Crippen molar-refractivity contribution in [3.63, 3.8) is 0 Å². The van der Waals surface area contributed by atoms with Gasteiger partial charge >= 0.3 is 0 Å². The van der Waals surface area contributed by atoms with Gasteiger partial charge in [0.15, 0.2) is 11.6 Å². The normalized spacial score (nSPS) is 31.2. The quantitative estimate of drug-likeness (QED) is 0.265. The van der Waals surface area contributed by atoms with Crippen LogP contribution < -0.4 is 4.90 Å². The Morgan fingerprint density at radius 3 is 2.39 bits per heavy atom. The first kappa shape index (κ1) is 31.8. The fourth-order valence-electron chi connectivity index (χ4n) is 8.74. The lowest BCUT2D eigenvalue weighted by molar-refractivity contribution is -0.127. The molecule has 8 nitrogen and oxygen atoms in total. The number of anilines is 1. The van der Waals surface area contributed by atoms with Gasteiger partial charge in [-0.15, -0.1) is 0 Å². The number of aliphatic hydroxyl groups is 2. The summed E-state index contributed by atoms with van der Waals surface area (Å²) in [4.78, 5) is 40.8. The average molecular weight is 604 g/mol. The first-order chi connectivity index (χ1) is 20.5. The summed E-state index contributed by atoms with van der Waals surface area (Å²) in [7, 11) is 5.42. The van der Waals surface area contributed by atoms with Gasteiger partial charge in [0, 0.05) is 50.2 Å². The van der Waals surface area contributed by atoms with Crippen LogP contribution in [0.4, 0.5) is 5.69 Å². The van der Waals surface area contributed by atoms with E-state index in [0.29, 0.717) is 48.0 Å². The van der Waals surface area contributed by atoms with Crippen LogP contribution in [0.25, 0.3) is 0 Å². The second-order valence-electron chi connectivity index (χ2n) is 14.2. The van der Waals surface area contributed by atoms with Gasteiger partial charge in [0.1, 0.15) is 29.2 Å². The molecule has 0 saturated heterocycles. The Labute approximate surface area is 259 Å². The van der Waals surface area contributed by atoms with Gasteiger partial charge in [0.2, 0.25) is 0 Å². The number of benzene rings is 1. The van der Waals surface area contributed by atoms with Crippen molar-refractivity contribution in [2.75, 3.05) is 26.1 Å². The Kier molecular flexibility index (Phi) is 7.77. The van der Waals surface area contributed by atoms with Crippen LogP contribution in [-0.4, -0.2) is 53.9 Å². The monoisotopic (exact) mass is 603 g/mol. The average Bonchev–Trinajstić information content (AvgIpc) is 2.92. The van der Waals surface area contributed by atoms with Crippen LogP contribution in [-0.2, 0) is 32.0 Å². The summed E-state index contributed by atoms with van der Waals surface area (Å²) in [6.07, 6.45) is 6.74. The Balaban J connectivity index is 1.60. The number of rotatable bonds is 7. The molecule has 8 heteroatoms. The maximum absolute atomic E-state index is 13.3. The van der Waals surface area contributed by atoms with E-state index in [-0.39, 0.29) is 47.4 Å². The van der Waals surface area contributed by atoms with Crippen molar-refractivity contribution in [2.24, 2.45) is 22.2 Å².